The van der Waals surface area contributed by atoms with Crippen LogP contribution in [0.3, 0.4) is 0 Å². The van der Waals surface area contributed by atoms with Crippen LogP contribution in [0.4, 0.5) is 5.69 Å². The first kappa shape index (κ1) is 13.8. The van der Waals surface area contributed by atoms with E-state index in [2.05, 4.69) is 18.9 Å². The van der Waals surface area contributed by atoms with Gasteiger partial charge in [0.05, 0.1) is 0 Å². The Balaban J connectivity index is 2.39. The molecule has 0 atom stereocenters. The first-order valence-electron chi connectivity index (χ1n) is 6.39. The molecule has 17 heavy (non-hydrogen) atoms. The highest BCUT2D eigenvalue weighted by atomic mass is 16.3. The molecule has 0 aliphatic carbocycles. The zero-order chi connectivity index (χ0) is 12.7. The third-order valence-corrected chi connectivity index (χ3v) is 2.94. The zero-order valence-corrected chi connectivity index (χ0v) is 10.9. The smallest absolute Gasteiger partial charge is 0.120 e. The highest BCUT2D eigenvalue weighted by molar-refractivity contribution is 5.47. The van der Waals surface area contributed by atoms with Gasteiger partial charge in [-0.1, -0.05) is 26.2 Å². The summed E-state index contributed by atoms with van der Waals surface area (Å²) in [5.74, 6) is 0.333. The molecule has 0 heterocycles. The number of rotatable bonds is 7. The number of anilines is 1. The molecule has 0 amide bonds. The molecule has 0 bridgehead atoms. The molecule has 1 aromatic rings. The Morgan fingerprint density at radius 2 is 2.00 bits per heavy atom. The number of unbranched alkanes of at least 4 members (excludes halogenated alkanes) is 3. The molecule has 0 spiro atoms. The molecule has 0 saturated heterocycles. The van der Waals surface area contributed by atoms with Crippen LogP contribution in [-0.2, 0) is 6.54 Å². The molecule has 3 heteroatoms. The van der Waals surface area contributed by atoms with Gasteiger partial charge in [-0.15, -0.1) is 0 Å². The van der Waals surface area contributed by atoms with Crippen LogP contribution in [0.2, 0.25) is 0 Å². The minimum absolute atomic E-state index is 0.333. The van der Waals surface area contributed by atoms with Crippen LogP contribution in [0, 0.1) is 0 Å². The Morgan fingerprint density at radius 3 is 2.71 bits per heavy atom. The number of nitrogens with zero attached hydrogens (tertiary/aromatic N) is 1. The monoisotopic (exact) mass is 236 g/mol. The van der Waals surface area contributed by atoms with Crippen molar-refractivity contribution in [2.45, 2.75) is 39.2 Å². The molecule has 0 aliphatic rings. The van der Waals surface area contributed by atoms with Crippen LogP contribution in [0.15, 0.2) is 18.2 Å². The molecule has 0 radical (unpaired) electrons. The maximum absolute atomic E-state index is 9.71. The lowest BCUT2D eigenvalue weighted by molar-refractivity contribution is 0.311. The Morgan fingerprint density at radius 1 is 1.24 bits per heavy atom. The van der Waals surface area contributed by atoms with Crippen LogP contribution in [0.5, 0.6) is 5.75 Å². The van der Waals surface area contributed by atoms with Gasteiger partial charge in [0.15, 0.2) is 0 Å². The molecule has 0 aromatic heterocycles. The summed E-state index contributed by atoms with van der Waals surface area (Å²) in [4.78, 5) is 2.23. The topological polar surface area (TPSA) is 49.5 Å². The molecular weight excluding hydrogens is 212 g/mol. The number of aromatic hydroxyl groups is 1. The molecular formula is C14H24N2O. The second kappa shape index (κ2) is 7.17. The molecule has 1 rings (SSSR count). The first-order chi connectivity index (χ1) is 8.13. The van der Waals surface area contributed by atoms with Gasteiger partial charge in [0.1, 0.15) is 5.75 Å². The van der Waals surface area contributed by atoms with Crippen LogP contribution in [-0.4, -0.2) is 23.6 Å². The van der Waals surface area contributed by atoms with E-state index < -0.39 is 0 Å². The summed E-state index contributed by atoms with van der Waals surface area (Å²) >= 11 is 0. The van der Waals surface area contributed by atoms with Gasteiger partial charge < -0.3 is 15.7 Å². The number of phenols is 1. The van der Waals surface area contributed by atoms with Crippen molar-refractivity contribution in [3.63, 3.8) is 0 Å². The van der Waals surface area contributed by atoms with Gasteiger partial charge in [-0.05, 0) is 38.2 Å². The maximum Gasteiger partial charge on any atom is 0.120 e. The highest BCUT2D eigenvalue weighted by Crippen LogP contribution is 2.21. The number of benzene rings is 1. The van der Waals surface area contributed by atoms with Gasteiger partial charge in [0.25, 0.3) is 0 Å². The first-order valence-corrected chi connectivity index (χ1v) is 6.39. The largest absolute Gasteiger partial charge is 0.508 e. The zero-order valence-electron chi connectivity index (χ0n) is 10.9. The number of hydrogen-bond donors (Lipinski definition) is 2. The molecule has 3 N–H and O–H groups in total. The average Bonchev–Trinajstić information content (AvgIpc) is 2.29. The highest BCUT2D eigenvalue weighted by Gasteiger charge is 2.05. The lowest BCUT2D eigenvalue weighted by atomic mass is 10.1. The van der Waals surface area contributed by atoms with E-state index in [0.29, 0.717) is 11.4 Å². The van der Waals surface area contributed by atoms with Crippen molar-refractivity contribution in [2.24, 2.45) is 0 Å². The lowest BCUT2D eigenvalue weighted by Crippen LogP contribution is -2.19. The van der Waals surface area contributed by atoms with E-state index >= 15 is 0 Å². The quantitative estimate of drug-likeness (QED) is 0.435. The number of nitrogens with two attached hydrogens (primary N) is 1. The Kier molecular flexibility index (Phi) is 5.84. The number of hydrogen-bond acceptors (Lipinski definition) is 3. The molecule has 1 aromatic carbocycles. The summed E-state index contributed by atoms with van der Waals surface area (Å²) in [7, 11) is 2.08. The molecule has 96 valence electrons. The average molecular weight is 236 g/mol. The van der Waals surface area contributed by atoms with Crippen LogP contribution >= 0.6 is 0 Å². The van der Waals surface area contributed by atoms with Crippen molar-refractivity contribution >= 4 is 5.69 Å². The third-order valence-electron chi connectivity index (χ3n) is 2.94. The van der Waals surface area contributed by atoms with Crippen LogP contribution in [0.25, 0.3) is 0 Å². The van der Waals surface area contributed by atoms with E-state index in [1.165, 1.54) is 25.7 Å². The summed E-state index contributed by atoms with van der Waals surface area (Å²) in [6, 6.07) is 5.23. The van der Waals surface area contributed by atoms with Crippen molar-refractivity contribution in [3.05, 3.63) is 23.8 Å². The Hall–Kier alpha value is -1.22. The molecule has 0 unspecified atom stereocenters. The van der Waals surface area contributed by atoms with Crippen LogP contribution in [0.1, 0.15) is 38.2 Å². The van der Waals surface area contributed by atoms with E-state index in [-0.39, 0.29) is 0 Å². The van der Waals surface area contributed by atoms with Gasteiger partial charge in [-0.25, -0.2) is 0 Å². The fourth-order valence-electron chi connectivity index (χ4n) is 1.91. The molecule has 0 saturated carbocycles. The SMILES string of the molecule is CCCCCCN(C)Cc1cc(N)ccc1O. The van der Waals surface area contributed by atoms with E-state index in [4.69, 9.17) is 5.73 Å². The second-order valence-corrected chi connectivity index (χ2v) is 4.69. The summed E-state index contributed by atoms with van der Waals surface area (Å²) in [5, 5.41) is 9.71. The minimum atomic E-state index is 0.333. The predicted octanol–water partition coefficient (Wildman–Crippen LogP) is 2.99. The fraction of sp³-hybridized carbons (Fsp3) is 0.571. The van der Waals surface area contributed by atoms with Gasteiger partial charge in [-0.3, -0.25) is 0 Å². The predicted molar refractivity (Wildman–Crippen MR) is 73.0 cm³/mol. The lowest BCUT2D eigenvalue weighted by Gasteiger charge is -2.17. The Labute approximate surface area is 104 Å². The van der Waals surface area contributed by atoms with Gasteiger partial charge in [0.2, 0.25) is 0 Å². The number of phenolic OH excluding ortho intramolecular Hbond substituents is 1. The third kappa shape index (κ3) is 5.09. The summed E-state index contributed by atoms with van der Waals surface area (Å²) in [6.07, 6.45) is 5.06. The maximum atomic E-state index is 9.71. The van der Waals surface area contributed by atoms with Gasteiger partial charge in [0, 0.05) is 17.8 Å². The van der Waals surface area contributed by atoms with Gasteiger partial charge in [-0.2, -0.15) is 0 Å². The standard InChI is InChI=1S/C14H24N2O/c1-3-4-5-6-9-16(2)11-12-10-13(15)7-8-14(12)17/h7-8,10,17H,3-6,9,11,15H2,1-2H3. The summed E-state index contributed by atoms with van der Waals surface area (Å²) in [5.41, 5.74) is 7.32. The van der Waals surface area contributed by atoms with Crippen molar-refractivity contribution in [2.75, 3.05) is 19.3 Å². The van der Waals surface area contributed by atoms with E-state index in [9.17, 15) is 5.11 Å². The minimum Gasteiger partial charge on any atom is -0.508 e. The van der Waals surface area contributed by atoms with Crippen molar-refractivity contribution in [1.82, 2.24) is 4.90 Å². The second-order valence-electron chi connectivity index (χ2n) is 4.69. The Bertz CT molecular complexity index is 339. The van der Waals surface area contributed by atoms with Gasteiger partial charge >= 0.3 is 0 Å². The summed E-state index contributed by atoms with van der Waals surface area (Å²) in [6.45, 7) is 4.03. The number of nitrogen functional groups attached to an aromatic ring is 1. The van der Waals surface area contributed by atoms with E-state index in [0.717, 1.165) is 18.7 Å². The van der Waals surface area contributed by atoms with Crippen LogP contribution < -0.4 is 5.73 Å². The van der Waals surface area contributed by atoms with E-state index in [1.54, 1.807) is 12.1 Å². The molecule has 0 fully saturated rings. The molecule has 0 aliphatic heterocycles. The van der Waals surface area contributed by atoms with Crippen molar-refractivity contribution in [3.8, 4) is 5.75 Å². The van der Waals surface area contributed by atoms with E-state index in [1.807, 2.05) is 6.07 Å². The molecule has 3 nitrogen and oxygen atoms in total. The van der Waals surface area contributed by atoms with Crippen molar-refractivity contribution in [1.29, 1.82) is 0 Å². The normalized spacial score (nSPS) is 11.0. The fourth-order valence-corrected chi connectivity index (χ4v) is 1.91. The van der Waals surface area contributed by atoms with Crippen molar-refractivity contribution < 1.29 is 5.11 Å². The summed E-state index contributed by atoms with van der Waals surface area (Å²) < 4.78 is 0.